The van der Waals surface area contributed by atoms with Gasteiger partial charge in [0.25, 0.3) is 0 Å². The summed E-state index contributed by atoms with van der Waals surface area (Å²) in [6.45, 7) is 0. The molecule has 1 aromatic carbocycles. The van der Waals surface area contributed by atoms with Gasteiger partial charge in [-0.15, -0.1) is 10.2 Å². The number of pyridine rings is 1. The number of nitrogens with one attached hydrogen (secondary N) is 2. The molecule has 0 unspecified atom stereocenters. The number of hydrogen-bond donors (Lipinski definition) is 3. The summed E-state index contributed by atoms with van der Waals surface area (Å²) in [4.78, 5) is 7.53. The summed E-state index contributed by atoms with van der Waals surface area (Å²) in [5, 5.41) is 25.8. The standard InChI is InChI=1S/C21H21N5O/c27-19-4-2-1-3-17(19)24-21-16-12-22-9-8-15(16)20(25-26-21)14-6-5-13-7-10-23-18(13)11-14/h5-12,17,19,23,27H,1-4H2,(H,24,26)/t17-,19-/m1/s1. The van der Waals surface area contributed by atoms with Gasteiger partial charge in [0.1, 0.15) is 5.69 Å². The zero-order valence-corrected chi connectivity index (χ0v) is 14.9. The van der Waals surface area contributed by atoms with Gasteiger partial charge >= 0.3 is 0 Å². The Bertz CT molecular complexity index is 1110. The highest BCUT2D eigenvalue weighted by molar-refractivity contribution is 6.00. The molecule has 1 aliphatic carbocycles. The SMILES string of the molecule is O[C@@H]1CCCC[C@H]1Nc1nnc(-c2ccc3cc[nH]c3c2)c2ccncc12. The average molecular weight is 359 g/mol. The summed E-state index contributed by atoms with van der Waals surface area (Å²) in [6, 6.07) is 10.3. The van der Waals surface area contributed by atoms with Crippen LogP contribution in [0, 0.1) is 0 Å². The maximum Gasteiger partial charge on any atom is 0.158 e. The Morgan fingerprint density at radius 1 is 1.04 bits per heavy atom. The highest BCUT2D eigenvalue weighted by Crippen LogP contribution is 2.32. The Balaban J connectivity index is 1.59. The summed E-state index contributed by atoms with van der Waals surface area (Å²) in [7, 11) is 0. The molecule has 3 aromatic heterocycles. The van der Waals surface area contributed by atoms with Crippen LogP contribution >= 0.6 is 0 Å². The first kappa shape index (κ1) is 16.2. The number of rotatable bonds is 3. The van der Waals surface area contributed by atoms with E-state index in [9.17, 15) is 5.11 Å². The van der Waals surface area contributed by atoms with Gasteiger partial charge < -0.3 is 15.4 Å². The van der Waals surface area contributed by atoms with Crippen LogP contribution in [0.3, 0.4) is 0 Å². The van der Waals surface area contributed by atoms with Crippen molar-refractivity contribution in [1.29, 1.82) is 0 Å². The van der Waals surface area contributed by atoms with Gasteiger partial charge in [-0.1, -0.05) is 25.0 Å². The Morgan fingerprint density at radius 2 is 1.96 bits per heavy atom. The maximum absolute atomic E-state index is 10.3. The monoisotopic (exact) mass is 359 g/mol. The molecular formula is C21H21N5O. The molecule has 1 aliphatic rings. The third-order valence-electron chi connectivity index (χ3n) is 5.46. The van der Waals surface area contributed by atoms with Crippen molar-refractivity contribution >= 4 is 27.5 Å². The minimum absolute atomic E-state index is 0.0116. The molecule has 0 amide bonds. The second-order valence-corrected chi connectivity index (χ2v) is 7.20. The lowest BCUT2D eigenvalue weighted by atomic mass is 9.92. The second-order valence-electron chi connectivity index (χ2n) is 7.20. The predicted octanol–water partition coefficient (Wildman–Crippen LogP) is 3.89. The number of aliphatic hydroxyl groups excluding tert-OH is 1. The zero-order chi connectivity index (χ0) is 18.2. The van der Waals surface area contributed by atoms with E-state index in [2.05, 4.69) is 49.7 Å². The number of anilines is 1. The number of aromatic amines is 1. The largest absolute Gasteiger partial charge is 0.391 e. The molecule has 136 valence electrons. The first-order valence-corrected chi connectivity index (χ1v) is 9.42. The van der Waals surface area contributed by atoms with Gasteiger partial charge in [0.15, 0.2) is 5.82 Å². The van der Waals surface area contributed by atoms with Crippen molar-refractivity contribution in [3.63, 3.8) is 0 Å². The Labute approximate surface area is 156 Å². The quantitative estimate of drug-likeness (QED) is 0.517. The van der Waals surface area contributed by atoms with Gasteiger partial charge in [-0.25, -0.2) is 0 Å². The predicted molar refractivity (Wildman–Crippen MR) is 107 cm³/mol. The van der Waals surface area contributed by atoms with E-state index >= 15 is 0 Å². The smallest absolute Gasteiger partial charge is 0.158 e. The molecule has 0 aliphatic heterocycles. The third kappa shape index (κ3) is 2.92. The fraction of sp³-hybridized carbons (Fsp3) is 0.286. The van der Waals surface area contributed by atoms with Gasteiger partial charge in [0.05, 0.1) is 12.1 Å². The number of benzene rings is 1. The third-order valence-corrected chi connectivity index (χ3v) is 5.46. The van der Waals surface area contributed by atoms with Gasteiger partial charge in [0, 0.05) is 40.4 Å². The Hall–Kier alpha value is -2.99. The summed E-state index contributed by atoms with van der Waals surface area (Å²) in [6.07, 6.45) is 9.15. The van der Waals surface area contributed by atoms with E-state index in [1.807, 2.05) is 18.5 Å². The summed E-state index contributed by atoms with van der Waals surface area (Å²) in [5.74, 6) is 0.689. The van der Waals surface area contributed by atoms with E-state index in [0.717, 1.165) is 53.2 Å². The van der Waals surface area contributed by atoms with E-state index in [-0.39, 0.29) is 12.1 Å². The molecule has 2 atom stereocenters. The zero-order valence-electron chi connectivity index (χ0n) is 14.9. The van der Waals surface area contributed by atoms with Crippen molar-refractivity contribution in [3.05, 3.63) is 48.9 Å². The van der Waals surface area contributed by atoms with Crippen molar-refractivity contribution in [2.45, 2.75) is 37.8 Å². The fourth-order valence-electron chi connectivity index (χ4n) is 3.97. The van der Waals surface area contributed by atoms with Crippen LogP contribution < -0.4 is 5.32 Å². The van der Waals surface area contributed by atoms with Crippen LogP contribution in [0.1, 0.15) is 25.7 Å². The van der Waals surface area contributed by atoms with Crippen molar-refractivity contribution in [2.24, 2.45) is 0 Å². The lowest BCUT2D eigenvalue weighted by Gasteiger charge is -2.29. The summed E-state index contributed by atoms with van der Waals surface area (Å²) < 4.78 is 0. The Morgan fingerprint density at radius 3 is 2.89 bits per heavy atom. The van der Waals surface area contributed by atoms with Crippen molar-refractivity contribution in [2.75, 3.05) is 5.32 Å². The van der Waals surface area contributed by atoms with E-state index in [1.165, 1.54) is 5.39 Å². The minimum Gasteiger partial charge on any atom is -0.391 e. The highest BCUT2D eigenvalue weighted by atomic mass is 16.3. The molecule has 27 heavy (non-hydrogen) atoms. The lowest BCUT2D eigenvalue weighted by molar-refractivity contribution is 0.116. The van der Waals surface area contributed by atoms with Crippen LogP contribution in [0.4, 0.5) is 5.82 Å². The number of aromatic nitrogens is 4. The number of H-pyrrole nitrogens is 1. The van der Waals surface area contributed by atoms with Crippen LogP contribution in [-0.2, 0) is 0 Å². The second kappa shape index (κ2) is 6.63. The number of fused-ring (bicyclic) bond motifs is 2. The molecular weight excluding hydrogens is 338 g/mol. The molecule has 3 N–H and O–H groups in total. The van der Waals surface area contributed by atoms with E-state index < -0.39 is 0 Å². The van der Waals surface area contributed by atoms with Gasteiger partial charge in [-0.3, -0.25) is 4.98 Å². The minimum atomic E-state index is -0.345. The molecule has 0 spiro atoms. The number of hydrogen-bond acceptors (Lipinski definition) is 5. The molecule has 4 aromatic rings. The first-order valence-electron chi connectivity index (χ1n) is 9.42. The molecule has 0 bridgehead atoms. The highest BCUT2D eigenvalue weighted by Gasteiger charge is 2.24. The normalized spacial score (nSPS) is 20.2. The maximum atomic E-state index is 10.3. The molecule has 1 saturated carbocycles. The molecule has 6 heteroatoms. The van der Waals surface area contributed by atoms with Crippen LogP contribution in [0.25, 0.3) is 32.9 Å². The molecule has 1 fully saturated rings. The molecule has 0 saturated heterocycles. The molecule has 5 rings (SSSR count). The Kier molecular flexibility index (Phi) is 3.98. The van der Waals surface area contributed by atoms with Crippen LogP contribution in [0.2, 0.25) is 0 Å². The van der Waals surface area contributed by atoms with Crippen LogP contribution in [0.15, 0.2) is 48.9 Å². The number of nitrogens with zero attached hydrogens (tertiary/aromatic N) is 3. The van der Waals surface area contributed by atoms with Crippen molar-refractivity contribution in [3.8, 4) is 11.3 Å². The molecule has 0 radical (unpaired) electrons. The van der Waals surface area contributed by atoms with Crippen molar-refractivity contribution in [1.82, 2.24) is 20.2 Å². The van der Waals surface area contributed by atoms with Gasteiger partial charge in [0.2, 0.25) is 0 Å². The molecule has 6 nitrogen and oxygen atoms in total. The van der Waals surface area contributed by atoms with Gasteiger partial charge in [-0.05, 0) is 36.4 Å². The summed E-state index contributed by atoms with van der Waals surface area (Å²) >= 11 is 0. The van der Waals surface area contributed by atoms with Crippen molar-refractivity contribution < 1.29 is 5.11 Å². The average Bonchev–Trinajstić information content (AvgIpc) is 3.18. The topological polar surface area (TPSA) is 86.7 Å². The summed E-state index contributed by atoms with van der Waals surface area (Å²) in [5.41, 5.74) is 2.92. The van der Waals surface area contributed by atoms with Crippen LogP contribution in [-0.4, -0.2) is 37.4 Å². The first-order chi connectivity index (χ1) is 13.3. The van der Waals surface area contributed by atoms with E-state index in [1.54, 1.807) is 6.20 Å². The molecule has 3 heterocycles. The van der Waals surface area contributed by atoms with Gasteiger partial charge in [-0.2, -0.15) is 0 Å². The van der Waals surface area contributed by atoms with E-state index in [0.29, 0.717) is 5.82 Å². The lowest BCUT2D eigenvalue weighted by Crippen LogP contribution is -2.36. The van der Waals surface area contributed by atoms with E-state index in [4.69, 9.17) is 0 Å². The van der Waals surface area contributed by atoms with Crippen LogP contribution in [0.5, 0.6) is 0 Å². The fourth-order valence-corrected chi connectivity index (χ4v) is 3.97. The number of aliphatic hydroxyl groups is 1.